The summed E-state index contributed by atoms with van der Waals surface area (Å²) in [5.74, 6) is 0.929. The highest BCUT2D eigenvalue weighted by Gasteiger charge is 2.13. The molecule has 0 fully saturated rings. The number of benzene rings is 1. The molecule has 0 amide bonds. The lowest BCUT2D eigenvalue weighted by molar-refractivity contribution is 0.317. The maximum Gasteiger partial charge on any atom is 0.119 e. The molecule has 21 heavy (non-hydrogen) atoms. The van der Waals surface area contributed by atoms with E-state index in [4.69, 9.17) is 4.74 Å². The van der Waals surface area contributed by atoms with E-state index in [-0.39, 0.29) is 6.04 Å². The minimum Gasteiger partial charge on any atom is -0.494 e. The first-order chi connectivity index (χ1) is 10.2. The first-order valence-corrected chi connectivity index (χ1v) is 7.63. The zero-order valence-corrected chi connectivity index (χ0v) is 13.1. The van der Waals surface area contributed by atoms with Gasteiger partial charge in [0.25, 0.3) is 0 Å². The lowest BCUT2D eigenvalue weighted by Gasteiger charge is -2.19. The van der Waals surface area contributed by atoms with Crippen molar-refractivity contribution in [3.05, 3.63) is 59.4 Å². The Morgan fingerprint density at radius 1 is 1.05 bits per heavy atom. The Balaban J connectivity index is 2.19. The van der Waals surface area contributed by atoms with Crippen LogP contribution in [-0.2, 0) is 0 Å². The van der Waals surface area contributed by atoms with E-state index in [1.54, 1.807) is 0 Å². The fourth-order valence-corrected chi connectivity index (χ4v) is 2.26. The minimum absolute atomic E-state index is 0.170. The second kappa shape index (κ2) is 7.79. The predicted octanol–water partition coefficient (Wildman–Crippen LogP) is 3.88. The highest BCUT2D eigenvalue weighted by Crippen LogP contribution is 2.24. The van der Waals surface area contributed by atoms with Gasteiger partial charge in [0.2, 0.25) is 0 Å². The van der Waals surface area contributed by atoms with E-state index in [1.165, 1.54) is 11.1 Å². The van der Waals surface area contributed by atoms with Crippen molar-refractivity contribution >= 4 is 0 Å². The van der Waals surface area contributed by atoms with Crippen LogP contribution in [0.4, 0.5) is 0 Å². The topological polar surface area (TPSA) is 34.1 Å². The highest BCUT2D eigenvalue weighted by atomic mass is 16.5. The van der Waals surface area contributed by atoms with E-state index in [0.29, 0.717) is 0 Å². The molecular weight excluding hydrogens is 260 g/mol. The molecule has 0 saturated heterocycles. The van der Waals surface area contributed by atoms with Crippen molar-refractivity contribution in [2.24, 2.45) is 0 Å². The molecule has 2 aromatic rings. The van der Waals surface area contributed by atoms with Gasteiger partial charge in [-0.25, -0.2) is 0 Å². The summed E-state index contributed by atoms with van der Waals surface area (Å²) in [5.41, 5.74) is 3.45. The summed E-state index contributed by atoms with van der Waals surface area (Å²) in [5, 5.41) is 3.52. The quantitative estimate of drug-likeness (QED) is 0.838. The molecule has 1 aromatic carbocycles. The second-order valence-corrected chi connectivity index (χ2v) is 5.14. The Kier molecular flexibility index (Phi) is 5.76. The third-order valence-corrected chi connectivity index (χ3v) is 3.36. The number of hydrogen-bond donors (Lipinski definition) is 1. The average molecular weight is 284 g/mol. The Morgan fingerprint density at radius 3 is 2.33 bits per heavy atom. The van der Waals surface area contributed by atoms with Crippen molar-refractivity contribution in [2.75, 3.05) is 13.2 Å². The van der Waals surface area contributed by atoms with Crippen LogP contribution in [-0.4, -0.2) is 18.1 Å². The van der Waals surface area contributed by atoms with Crippen LogP contribution in [0.3, 0.4) is 0 Å². The second-order valence-electron chi connectivity index (χ2n) is 5.14. The number of pyridine rings is 1. The van der Waals surface area contributed by atoms with Crippen LogP contribution in [0.5, 0.6) is 5.75 Å². The number of nitrogens with one attached hydrogen (secondary N) is 1. The maximum atomic E-state index is 5.64. The SMILES string of the molecule is CCCOc1ccc(C(NCC)c2ccc(C)nc2)cc1. The molecule has 1 atom stereocenters. The van der Waals surface area contributed by atoms with Crippen LogP contribution in [0.15, 0.2) is 42.6 Å². The van der Waals surface area contributed by atoms with Crippen molar-refractivity contribution in [2.45, 2.75) is 33.2 Å². The summed E-state index contributed by atoms with van der Waals surface area (Å²) >= 11 is 0. The molecule has 0 aliphatic rings. The molecule has 0 saturated carbocycles. The van der Waals surface area contributed by atoms with Gasteiger partial charge in [-0.15, -0.1) is 0 Å². The summed E-state index contributed by atoms with van der Waals surface area (Å²) in [7, 11) is 0. The molecule has 1 heterocycles. The molecule has 1 aromatic heterocycles. The van der Waals surface area contributed by atoms with Gasteiger partial charge in [0, 0.05) is 11.9 Å². The lowest BCUT2D eigenvalue weighted by atomic mass is 10.00. The third-order valence-electron chi connectivity index (χ3n) is 3.36. The van der Waals surface area contributed by atoms with E-state index in [0.717, 1.165) is 31.0 Å². The maximum absolute atomic E-state index is 5.64. The van der Waals surface area contributed by atoms with Gasteiger partial charge < -0.3 is 10.1 Å². The molecule has 0 spiro atoms. The first kappa shape index (κ1) is 15.5. The van der Waals surface area contributed by atoms with Crippen LogP contribution >= 0.6 is 0 Å². The van der Waals surface area contributed by atoms with Gasteiger partial charge in [0.15, 0.2) is 0 Å². The standard InChI is InChI=1S/C18H24N2O/c1-4-12-21-17-10-8-15(9-11-17)18(19-5-2)16-7-6-14(3)20-13-16/h6-11,13,18-19H,4-5,12H2,1-3H3. The molecule has 0 aliphatic heterocycles. The Morgan fingerprint density at radius 2 is 1.76 bits per heavy atom. The normalized spacial score (nSPS) is 12.1. The number of aromatic nitrogens is 1. The summed E-state index contributed by atoms with van der Waals surface area (Å²) in [6, 6.07) is 12.7. The van der Waals surface area contributed by atoms with Crippen molar-refractivity contribution < 1.29 is 4.74 Å². The van der Waals surface area contributed by atoms with Gasteiger partial charge >= 0.3 is 0 Å². The summed E-state index contributed by atoms with van der Waals surface area (Å²) in [6.45, 7) is 7.91. The number of ether oxygens (including phenoxy) is 1. The van der Waals surface area contributed by atoms with E-state index in [2.05, 4.69) is 48.4 Å². The molecule has 3 heteroatoms. The number of nitrogens with zero attached hydrogens (tertiary/aromatic N) is 1. The largest absolute Gasteiger partial charge is 0.494 e. The molecule has 0 bridgehead atoms. The molecule has 0 radical (unpaired) electrons. The average Bonchev–Trinajstić information content (AvgIpc) is 2.52. The minimum atomic E-state index is 0.170. The van der Waals surface area contributed by atoms with Crippen LogP contribution in [0, 0.1) is 6.92 Å². The van der Waals surface area contributed by atoms with Gasteiger partial charge in [-0.2, -0.15) is 0 Å². The highest BCUT2D eigenvalue weighted by molar-refractivity contribution is 5.35. The molecule has 1 unspecified atom stereocenters. The van der Waals surface area contributed by atoms with Gasteiger partial charge in [0.05, 0.1) is 12.6 Å². The van der Waals surface area contributed by atoms with Crippen molar-refractivity contribution in [3.8, 4) is 5.75 Å². The van der Waals surface area contributed by atoms with Crippen LogP contribution in [0.25, 0.3) is 0 Å². The molecule has 3 nitrogen and oxygen atoms in total. The predicted molar refractivity (Wildman–Crippen MR) is 86.7 cm³/mol. The smallest absolute Gasteiger partial charge is 0.119 e. The number of rotatable bonds is 7. The van der Waals surface area contributed by atoms with Crippen LogP contribution in [0.2, 0.25) is 0 Å². The molecule has 1 N–H and O–H groups in total. The Hall–Kier alpha value is -1.87. The van der Waals surface area contributed by atoms with Gasteiger partial charge in [0.1, 0.15) is 5.75 Å². The Labute approximate surface area is 127 Å². The zero-order chi connectivity index (χ0) is 15.1. The van der Waals surface area contributed by atoms with Gasteiger partial charge in [-0.05, 0) is 49.2 Å². The van der Waals surface area contributed by atoms with Crippen molar-refractivity contribution in [3.63, 3.8) is 0 Å². The molecule has 0 aliphatic carbocycles. The summed E-state index contributed by atoms with van der Waals surface area (Å²) in [6.07, 6.45) is 2.97. The third kappa shape index (κ3) is 4.30. The van der Waals surface area contributed by atoms with Crippen molar-refractivity contribution in [1.29, 1.82) is 0 Å². The van der Waals surface area contributed by atoms with Crippen molar-refractivity contribution in [1.82, 2.24) is 10.3 Å². The van der Waals surface area contributed by atoms with E-state index in [9.17, 15) is 0 Å². The van der Waals surface area contributed by atoms with Gasteiger partial charge in [-0.1, -0.05) is 32.0 Å². The zero-order valence-electron chi connectivity index (χ0n) is 13.1. The number of aryl methyl sites for hydroxylation is 1. The monoisotopic (exact) mass is 284 g/mol. The molecular formula is C18H24N2O. The molecule has 112 valence electrons. The number of hydrogen-bond acceptors (Lipinski definition) is 3. The fourth-order valence-electron chi connectivity index (χ4n) is 2.26. The van der Waals surface area contributed by atoms with Crippen LogP contribution in [0.1, 0.15) is 43.1 Å². The van der Waals surface area contributed by atoms with E-state index < -0.39 is 0 Å². The Bertz CT molecular complexity index is 534. The lowest BCUT2D eigenvalue weighted by Crippen LogP contribution is -2.22. The van der Waals surface area contributed by atoms with E-state index >= 15 is 0 Å². The fraction of sp³-hybridized carbons (Fsp3) is 0.389. The summed E-state index contributed by atoms with van der Waals surface area (Å²) < 4.78 is 5.64. The first-order valence-electron chi connectivity index (χ1n) is 7.63. The van der Waals surface area contributed by atoms with Gasteiger partial charge in [-0.3, -0.25) is 4.98 Å². The van der Waals surface area contributed by atoms with E-state index in [1.807, 2.05) is 25.3 Å². The summed E-state index contributed by atoms with van der Waals surface area (Å²) in [4.78, 5) is 4.40. The van der Waals surface area contributed by atoms with Crippen LogP contribution < -0.4 is 10.1 Å². The molecule has 2 rings (SSSR count).